The normalized spacial score (nSPS) is 31.1. The Kier molecular flexibility index (Phi) is 4.47. The van der Waals surface area contributed by atoms with Crippen molar-refractivity contribution in [3.05, 3.63) is 34.4 Å². The van der Waals surface area contributed by atoms with E-state index >= 15 is 0 Å². The molecule has 1 aromatic carbocycles. The molecule has 0 radical (unpaired) electrons. The number of nitrogens with zero attached hydrogens (tertiary/aromatic N) is 1. The van der Waals surface area contributed by atoms with Crippen molar-refractivity contribution in [3.63, 3.8) is 0 Å². The maximum absolute atomic E-state index is 10.6. The summed E-state index contributed by atoms with van der Waals surface area (Å²) in [6, 6.07) is 6.97. The lowest BCUT2D eigenvalue weighted by atomic mass is 9.80. The fourth-order valence-corrected chi connectivity index (χ4v) is 4.13. The summed E-state index contributed by atoms with van der Waals surface area (Å²) >= 11 is 1.76. The first-order valence-electron chi connectivity index (χ1n) is 6.64. The van der Waals surface area contributed by atoms with Gasteiger partial charge in [0.2, 0.25) is 0 Å². The molecule has 1 fully saturated rings. The van der Waals surface area contributed by atoms with Gasteiger partial charge >= 0.3 is 0 Å². The number of benzene rings is 1. The largest absolute Gasteiger partial charge is 0.327 e. The van der Waals surface area contributed by atoms with Crippen LogP contribution in [0.5, 0.6) is 0 Å². The fraction of sp³-hybridized carbons (Fsp3) is 0.571. The zero-order valence-electron chi connectivity index (χ0n) is 11.3. The van der Waals surface area contributed by atoms with Crippen molar-refractivity contribution in [2.45, 2.75) is 42.9 Å². The Morgan fingerprint density at radius 3 is 2.42 bits per heavy atom. The maximum Gasteiger partial charge on any atom is 0.269 e. The summed E-state index contributed by atoms with van der Waals surface area (Å²) in [6.45, 7) is 4.50. The number of nitrogens with two attached hydrogens (primary N) is 1. The summed E-state index contributed by atoms with van der Waals surface area (Å²) in [7, 11) is 0. The number of hydrogen-bond donors (Lipinski definition) is 1. The molecule has 4 nitrogen and oxygen atoms in total. The van der Waals surface area contributed by atoms with Crippen LogP contribution in [0.2, 0.25) is 0 Å². The van der Waals surface area contributed by atoms with Crippen LogP contribution in [-0.2, 0) is 0 Å². The Morgan fingerprint density at radius 2 is 1.89 bits per heavy atom. The van der Waals surface area contributed by atoms with Gasteiger partial charge in [0.15, 0.2) is 0 Å². The van der Waals surface area contributed by atoms with Crippen molar-refractivity contribution < 1.29 is 4.92 Å². The Labute approximate surface area is 117 Å². The molecule has 0 bridgehead atoms. The van der Waals surface area contributed by atoms with Gasteiger partial charge in [0.25, 0.3) is 5.69 Å². The van der Waals surface area contributed by atoms with Crippen LogP contribution in [0.25, 0.3) is 0 Å². The molecule has 0 aromatic heterocycles. The highest BCUT2D eigenvalue weighted by Gasteiger charge is 2.32. The first-order valence-corrected chi connectivity index (χ1v) is 7.52. The van der Waals surface area contributed by atoms with Crippen LogP contribution in [0, 0.1) is 22.0 Å². The SMILES string of the molecule is CC1CC(C)C(Sc2ccc([N+](=O)[O-])cc2)C(N)C1. The summed E-state index contributed by atoms with van der Waals surface area (Å²) in [5, 5.41) is 11.0. The predicted molar refractivity (Wildman–Crippen MR) is 78.3 cm³/mol. The van der Waals surface area contributed by atoms with E-state index in [1.54, 1.807) is 23.9 Å². The highest BCUT2D eigenvalue weighted by molar-refractivity contribution is 8.00. The number of nitro groups is 1. The van der Waals surface area contributed by atoms with Crippen LogP contribution >= 0.6 is 11.8 Å². The molecule has 0 spiro atoms. The third-order valence-corrected chi connectivity index (χ3v) is 5.38. The van der Waals surface area contributed by atoms with Gasteiger partial charge in [0.1, 0.15) is 0 Å². The van der Waals surface area contributed by atoms with Gasteiger partial charge < -0.3 is 5.73 Å². The Morgan fingerprint density at radius 1 is 1.26 bits per heavy atom. The second kappa shape index (κ2) is 5.92. The van der Waals surface area contributed by atoms with Crippen molar-refractivity contribution in [3.8, 4) is 0 Å². The first kappa shape index (κ1) is 14.3. The lowest BCUT2D eigenvalue weighted by molar-refractivity contribution is -0.384. The van der Waals surface area contributed by atoms with Gasteiger partial charge in [-0.1, -0.05) is 13.8 Å². The molecule has 0 saturated heterocycles. The third-order valence-electron chi connectivity index (χ3n) is 3.75. The van der Waals surface area contributed by atoms with E-state index in [1.807, 2.05) is 12.1 Å². The van der Waals surface area contributed by atoms with Gasteiger partial charge in [-0.3, -0.25) is 10.1 Å². The minimum absolute atomic E-state index is 0.138. The second-order valence-electron chi connectivity index (χ2n) is 5.55. The molecule has 2 rings (SSSR count). The lowest BCUT2D eigenvalue weighted by Crippen LogP contribution is -2.42. The highest BCUT2D eigenvalue weighted by Crippen LogP contribution is 2.39. The molecular weight excluding hydrogens is 260 g/mol. The lowest BCUT2D eigenvalue weighted by Gasteiger charge is -2.37. The van der Waals surface area contributed by atoms with E-state index in [9.17, 15) is 10.1 Å². The quantitative estimate of drug-likeness (QED) is 0.680. The van der Waals surface area contributed by atoms with Crippen LogP contribution in [0.15, 0.2) is 29.2 Å². The fourth-order valence-electron chi connectivity index (χ4n) is 2.89. The molecule has 2 N–H and O–H groups in total. The Hall–Kier alpha value is -1.07. The van der Waals surface area contributed by atoms with Gasteiger partial charge in [-0.25, -0.2) is 0 Å². The molecule has 0 aliphatic heterocycles. The van der Waals surface area contributed by atoms with Crippen molar-refractivity contribution in [1.82, 2.24) is 0 Å². The minimum Gasteiger partial charge on any atom is -0.327 e. The predicted octanol–water partition coefficient (Wildman–Crippen LogP) is 3.45. The topological polar surface area (TPSA) is 69.2 Å². The second-order valence-corrected chi connectivity index (χ2v) is 6.80. The molecular formula is C14H20N2O2S. The summed E-state index contributed by atoms with van der Waals surface area (Å²) < 4.78 is 0. The number of rotatable bonds is 3. The van der Waals surface area contributed by atoms with Gasteiger partial charge in [-0.15, -0.1) is 11.8 Å². The highest BCUT2D eigenvalue weighted by atomic mass is 32.2. The van der Waals surface area contributed by atoms with Crippen LogP contribution in [0.4, 0.5) is 5.69 Å². The van der Waals surface area contributed by atoms with E-state index in [0.717, 1.165) is 11.3 Å². The molecule has 4 atom stereocenters. The van der Waals surface area contributed by atoms with Crippen molar-refractivity contribution >= 4 is 17.4 Å². The van der Waals surface area contributed by atoms with Crippen molar-refractivity contribution in [1.29, 1.82) is 0 Å². The molecule has 0 amide bonds. The summed E-state index contributed by atoms with van der Waals surface area (Å²) in [6.07, 6.45) is 2.27. The summed E-state index contributed by atoms with van der Waals surface area (Å²) in [5.74, 6) is 1.28. The first-order chi connectivity index (χ1) is 8.97. The van der Waals surface area contributed by atoms with E-state index in [0.29, 0.717) is 17.1 Å². The average molecular weight is 280 g/mol. The van der Waals surface area contributed by atoms with E-state index in [-0.39, 0.29) is 16.7 Å². The molecule has 4 unspecified atom stereocenters. The van der Waals surface area contributed by atoms with Gasteiger partial charge in [-0.2, -0.15) is 0 Å². The molecule has 5 heteroatoms. The van der Waals surface area contributed by atoms with Crippen LogP contribution in [0.3, 0.4) is 0 Å². The smallest absolute Gasteiger partial charge is 0.269 e. The van der Waals surface area contributed by atoms with Crippen LogP contribution in [-0.4, -0.2) is 16.2 Å². The van der Waals surface area contributed by atoms with E-state index in [2.05, 4.69) is 13.8 Å². The van der Waals surface area contributed by atoms with Gasteiger partial charge in [0.05, 0.1) is 4.92 Å². The maximum atomic E-state index is 10.6. The van der Waals surface area contributed by atoms with E-state index in [1.165, 1.54) is 6.42 Å². The average Bonchev–Trinajstić information content (AvgIpc) is 2.34. The van der Waals surface area contributed by atoms with Gasteiger partial charge in [-0.05, 0) is 36.8 Å². The van der Waals surface area contributed by atoms with E-state index < -0.39 is 0 Å². The van der Waals surface area contributed by atoms with E-state index in [4.69, 9.17) is 5.73 Å². The number of non-ortho nitro benzene ring substituents is 1. The molecule has 104 valence electrons. The Bertz CT molecular complexity index is 437. The number of thioether (sulfide) groups is 1. The van der Waals surface area contributed by atoms with Crippen molar-refractivity contribution in [2.75, 3.05) is 0 Å². The standard InChI is InChI=1S/C14H20N2O2S/c1-9-7-10(2)14(13(15)8-9)19-12-5-3-11(4-6-12)16(17)18/h3-6,9-10,13-14H,7-8,15H2,1-2H3. The monoisotopic (exact) mass is 280 g/mol. The van der Waals surface area contributed by atoms with Crippen LogP contribution in [0.1, 0.15) is 26.7 Å². The van der Waals surface area contributed by atoms with Gasteiger partial charge in [0, 0.05) is 28.3 Å². The van der Waals surface area contributed by atoms with Crippen LogP contribution < -0.4 is 5.73 Å². The minimum atomic E-state index is -0.370. The number of hydrogen-bond acceptors (Lipinski definition) is 4. The molecule has 1 aromatic rings. The number of nitro benzene ring substituents is 1. The summed E-state index contributed by atoms with van der Waals surface area (Å²) in [4.78, 5) is 11.3. The molecule has 1 aliphatic carbocycles. The zero-order valence-corrected chi connectivity index (χ0v) is 12.1. The summed E-state index contributed by atoms with van der Waals surface area (Å²) in [5.41, 5.74) is 6.39. The Balaban J connectivity index is 2.05. The third kappa shape index (κ3) is 3.48. The molecule has 1 saturated carbocycles. The molecule has 0 heterocycles. The molecule has 1 aliphatic rings. The van der Waals surface area contributed by atoms with Crippen molar-refractivity contribution in [2.24, 2.45) is 17.6 Å². The molecule has 19 heavy (non-hydrogen) atoms. The zero-order chi connectivity index (χ0) is 14.0.